The number of aliphatic hydroxyl groups is 1. The van der Waals surface area contributed by atoms with Gasteiger partial charge in [-0.25, -0.2) is 0 Å². The van der Waals surface area contributed by atoms with Gasteiger partial charge in [-0.1, -0.05) is 42.5 Å². The predicted octanol–water partition coefficient (Wildman–Crippen LogP) is 4.62. The largest absolute Gasteiger partial charge is 0.389 e. The van der Waals surface area contributed by atoms with Gasteiger partial charge in [-0.3, -0.25) is 4.79 Å². The summed E-state index contributed by atoms with van der Waals surface area (Å²) in [7, 11) is 0. The Labute approximate surface area is 152 Å². The van der Waals surface area contributed by atoms with E-state index in [0.29, 0.717) is 30.8 Å². The summed E-state index contributed by atoms with van der Waals surface area (Å²) >= 11 is 0. The quantitative estimate of drug-likeness (QED) is 0.323. The van der Waals surface area contributed by atoms with Gasteiger partial charge in [-0.2, -0.15) is 0 Å². The molecule has 3 atom stereocenters. The number of carbonyl (C=O) groups is 1. The van der Waals surface area contributed by atoms with E-state index in [1.807, 2.05) is 30.4 Å². The molecule has 0 aliphatic carbocycles. The number of unbranched alkanes of at least 4 members (excludes halogenated alkanes) is 1. The van der Waals surface area contributed by atoms with Crippen molar-refractivity contribution in [3.63, 3.8) is 0 Å². The highest BCUT2D eigenvalue weighted by atomic mass is 16.6. The van der Waals surface area contributed by atoms with Crippen molar-refractivity contribution in [3.8, 4) is 0 Å². The van der Waals surface area contributed by atoms with Gasteiger partial charge in [0, 0.05) is 12.8 Å². The summed E-state index contributed by atoms with van der Waals surface area (Å²) in [6, 6.07) is 10.4. The average Bonchev–Trinajstić information content (AvgIpc) is 3.33. The fourth-order valence-corrected chi connectivity index (χ4v) is 3.18. The number of ether oxygens (including phenoxy) is 1. The minimum absolute atomic E-state index is 0.352. The number of rotatable bonds is 13. The Morgan fingerprint density at radius 3 is 2.52 bits per heavy atom. The van der Waals surface area contributed by atoms with Crippen molar-refractivity contribution in [2.45, 2.75) is 83.0 Å². The lowest BCUT2D eigenvalue weighted by molar-refractivity contribution is -0.119. The van der Waals surface area contributed by atoms with Crippen LogP contribution >= 0.6 is 0 Å². The van der Waals surface area contributed by atoms with E-state index in [2.05, 4.69) is 12.1 Å². The first-order chi connectivity index (χ1) is 12.1. The van der Waals surface area contributed by atoms with E-state index in [0.717, 1.165) is 44.9 Å². The predicted molar refractivity (Wildman–Crippen MR) is 102 cm³/mol. The minimum Gasteiger partial charge on any atom is -0.389 e. The van der Waals surface area contributed by atoms with Gasteiger partial charge in [-0.15, -0.1) is 0 Å². The molecule has 1 aromatic carbocycles. The van der Waals surface area contributed by atoms with Crippen LogP contribution in [0.1, 0.15) is 63.9 Å². The average molecular weight is 344 g/mol. The number of carbonyl (C=O) groups excluding carboxylic acids is 1. The maximum absolute atomic E-state index is 11.9. The second-order valence-electron chi connectivity index (χ2n) is 7.08. The Morgan fingerprint density at radius 1 is 1.12 bits per heavy atom. The van der Waals surface area contributed by atoms with Crippen molar-refractivity contribution < 1.29 is 14.6 Å². The van der Waals surface area contributed by atoms with Crippen molar-refractivity contribution >= 4 is 5.78 Å². The second kappa shape index (κ2) is 11.2. The van der Waals surface area contributed by atoms with Crippen LogP contribution in [0.15, 0.2) is 42.5 Å². The number of allylic oxidation sites excluding steroid dienone is 1. The Morgan fingerprint density at radius 2 is 1.80 bits per heavy atom. The van der Waals surface area contributed by atoms with Crippen molar-refractivity contribution in [2.24, 2.45) is 0 Å². The number of ketones is 1. The fourth-order valence-electron chi connectivity index (χ4n) is 3.18. The molecule has 0 bridgehead atoms. The van der Waals surface area contributed by atoms with E-state index in [1.165, 1.54) is 5.56 Å². The van der Waals surface area contributed by atoms with Gasteiger partial charge in [-0.05, 0) is 57.4 Å². The van der Waals surface area contributed by atoms with Crippen LogP contribution in [-0.2, 0) is 16.0 Å². The molecule has 3 nitrogen and oxygen atoms in total. The Balaban J connectivity index is 1.43. The smallest absolute Gasteiger partial charge is 0.132 e. The van der Waals surface area contributed by atoms with E-state index >= 15 is 0 Å². The van der Waals surface area contributed by atoms with E-state index in [9.17, 15) is 4.79 Å². The van der Waals surface area contributed by atoms with Gasteiger partial charge >= 0.3 is 0 Å². The highest BCUT2D eigenvalue weighted by Crippen LogP contribution is 2.31. The lowest BCUT2D eigenvalue weighted by Gasteiger charge is -2.02. The molecule has 1 heterocycles. The van der Waals surface area contributed by atoms with Gasteiger partial charge < -0.3 is 9.84 Å². The molecule has 3 heteroatoms. The first-order valence-corrected chi connectivity index (χ1v) is 9.71. The van der Waals surface area contributed by atoms with Crippen LogP contribution in [0.5, 0.6) is 0 Å². The molecule has 0 amide bonds. The molecule has 1 aliphatic rings. The minimum atomic E-state index is -0.352. The van der Waals surface area contributed by atoms with Crippen LogP contribution in [0.4, 0.5) is 0 Å². The molecule has 1 aliphatic heterocycles. The monoisotopic (exact) mass is 344 g/mol. The summed E-state index contributed by atoms with van der Waals surface area (Å²) in [6.07, 6.45) is 12.8. The van der Waals surface area contributed by atoms with Crippen molar-refractivity contribution in [1.82, 2.24) is 0 Å². The molecular weight excluding hydrogens is 312 g/mol. The molecule has 0 radical (unpaired) electrons. The van der Waals surface area contributed by atoms with E-state index in [1.54, 1.807) is 6.92 Å². The fraction of sp³-hybridized carbons (Fsp3) is 0.591. The first kappa shape index (κ1) is 19.9. The lowest BCUT2D eigenvalue weighted by Crippen LogP contribution is -2.01. The molecule has 1 N–H and O–H groups in total. The van der Waals surface area contributed by atoms with Crippen molar-refractivity contribution in [1.29, 1.82) is 0 Å². The molecule has 0 spiro atoms. The third kappa shape index (κ3) is 8.99. The third-order valence-electron chi connectivity index (χ3n) is 4.67. The van der Waals surface area contributed by atoms with E-state index in [4.69, 9.17) is 9.84 Å². The Hall–Kier alpha value is -1.45. The van der Waals surface area contributed by atoms with Gasteiger partial charge in [0.1, 0.15) is 5.78 Å². The lowest BCUT2D eigenvalue weighted by atomic mass is 10.0. The summed E-state index contributed by atoms with van der Waals surface area (Å²) in [5.74, 6) is 0.386. The zero-order chi connectivity index (χ0) is 17.9. The number of benzene rings is 1. The number of hydrogen-bond acceptors (Lipinski definition) is 3. The summed E-state index contributed by atoms with van der Waals surface area (Å²) in [5.41, 5.74) is 1.31. The standard InChI is InChI=1S/C22H32O3/c1-18(23)10-4-2-7-16-21-22(25-21)17-9-15-20(24)14-8-13-19-11-5-3-6-12-19/h3-6,10-12,18,21-23H,2,7-9,13-17H2,1H3/b10-4+. The molecular formula is C22H32O3. The molecule has 0 aromatic heterocycles. The van der Waals surface area contributed by atoms with Crippen molar-refractivity contribution in [2.75, 3.05) is 0 Å². The molecule has 1 saturated heterocycles. The summed E-state index contributed by atoms with van der Waals surface area (Å²) in [6.45, 7) is 1.76. The van der Waals surface area contributed by atoms with Crippen molar-refractivity contribution in [3.05, 3.63) is 48.0 Å². The highest BCUT2D eigenvalue weighted by Gasteiger charge is 2.36. The second-order valence-corrected chi connectivity index (χ2v) is 7.08. The zero-order valence-electron chi connectivity index (χ0n) is 15.4. The van der Waals surface area contributed by atoms with Gasteiger partial charge in [0.2, 0.25) is 0 Å². The summed E-state index contributed by atoms with van der Waals surface area (Å²) in [4.78, 5) is 11.9. The van der Waals surface area contributed by atoms with Gasteiger partial charge in [0.15, 0.2) is 0 Å². The zero-order valence-corrected chi connectivity index (χ0v) is 15.4. The van der Waals surface area contributed by atoms with Crippen LogP contribution in [0, 0.1) is 0 Å². The normalized spacial score (nSPS) is 20.7. The van der Waals surface area contributed by atoms with Crippen LogP contribution in [0.2, 0.25) is 0 Å². The van der Waals surface area contributed by atoms with Crippen LogP contribution in [0.3, 0.4) is 0 Å². The number of Topliss-reactive ketones (excluding diaryl/α,β-unsaturated/α-hetero) is 1. The number of epoxide rings is 1. The molecule has 3 unspecified atom stereocenters. The third-order valence-corrected chi connectivity index (χ3v) is 4.67. The SMILES string of the molecule is CC(O)/C=C/CCCC1OC1CCCC(=O)CCCc1ccccc1. The van der Waals surface area contributed by atoms with E-state index in [-0.39, 0.29) is 6.10 Å². The van der Waals surface area contributed by atoms with E-state index < -0.39 is 0 Å². The molecule has 0 saturated carbocycles. The van der Waals surface area contributed by atoms with Gasteiger partial charge in [0.25, 0.3) is 0 Å². The van der Waals surface area contributed by atoms with Crippen LogP contribution < -0.4 is 0 Å². The first-order valence-electron chi connectivity index (χ1n) is 9.71. The summed E-state index contributed by atoms with van der Waals surface area (Å²) in [5, 5.41) is 9.13. The highest BCUT2D eigenvalue weighted by molar-refractivity contribution is 5.78. The van der Waals surface area contributed by atoms with Gasteiger partial charge in [0.05, 0.1) is 18.3 Å². The molecule has 25 heavy (non-hydrogen) atoms. The molecule has 1 fully saturated rings. The number of aryl methyl sites for hydroxylation is 1. The molecule has 1 aromatic rings. The van der Waals surface area contributed by atoms with Crippen LogP contribution in [-0.4, -0.2) is 29.2 Å². The Bertz CT molecular complexity index is 521. The van der Waals surface area contributed by atoms with Crippen LogP contribution in [0.25, 0.3) is 0 Å². The Kier molecular flexibility index (Phi) is 8.92. The number of aliphatic hydroxyl groups excluding tert-OH is 1. The maximum Gasteiger partial charge on any atom is 0.132 e. The summed E-state index contributed by atoms with van der Waals surface area (Å²) < 4.78 is 5.68. The maximum atomic E-state index is 11.9. The topological polar surface area (TPSA) is 49.8 Å². The number of hydrogen-bond donors (Lipinski definition) is 1. The molecule has 2 rings (SSSR count). The molecule has 138 valence electrons.